The fourth-order valence-electron chi connectivity index (χ4n) is 3.83. The molecule has 1 aliphatic rings. The normalized spacial score (nSPS) is 15.9. The van der Waals surface area contributed by atoms with Crippen molar-refractivity contribution >= 4 is 17.1 Å². The molecule has 0 N–H and O–H groups in total. The van der Waals surface area contributed by atoms with Crippen LogP contribution in [0.2, 0.25) is 0 Å². The first-order valence-corrected chi connectivity index (χ1v) is 11.0. The lowest BCUT2D eigenvalue weighted by atomic mass is 9.96. The molecule has 3 rings (SSSR count). The molecule has 2 heterocycles. The number of ether oxygens (including phenoxy) is 1. The molecule has 2 aromatic rings. The lowest BCUT2D eigenvalue weighted by molar-refractivity contribution is 0.102. The molecule has 0 unspecified atom stereocenters. The molecule has 1 saturated heterocycles. The minimum atomic E-state index is 0.163. The van der Waals surface area contributed by atoms with Gasteiger partial charge in [-0.05, 0) is 86.9 Å². The lowest BCUT2D eigenvalue weighted by Crippen LogP contribution is -2.37. The zero-order chi connectivity index (χ0) is 19.9. The van der Waals surface area contributed by atoms with Crippen molar-refractivity contribution < 1.29 is 9.53 Å². The number of nitrogens with zero attached hydrogens (tertiary/aromatic N) is 2. The summed E-state index contributed by atoms with van der Waals surface area (Å²) in [7, 11) is 3.92. The van der Waals surface area contributed by atoms with Crippen molar-refractivity contribution in [3.8, 4) is 5.75 Å². The Kier molecular flexibility index (Phi) is 7.65. The van der Waals surface area contributed by atoms with Crippen LogP contribution >= 0.6 is 11.3 Å². The molecule has 0 saturated carbocycles. The fourth-order valence-corrected chi connectivity index (χ4v) is 4.63. The van der Waals surface area contributed by atoms with E-state index in [4.69, 9.17) is 4.74 Å². The molecule has 0 radical (unpaired) electrons. The van der Waals surface area contributed by atoms with Crippen LogP contribution in [0.3, 0.4) is 0 Å². The average Bonchev–Trinajstić information content (AvgIpc) is 3.17. The molecule has 152 valence electrons. The van der Waals surface area contributed by atoms with Crippen molar-refractivity contribution in [1.29, 1.82) is 0 Å². The highest BCUT2D eigenvalue weighted by atomic mass is 32.1. The molecule has 28 heavy (non-hydrogen) atoms. The number of hydrogen-bond donors (Lipinski definition) is 0. The maximum Gasteiger partial charge on any atom is 0.169 e. The van der Waals surface area contributed by atoms with Crippen molar-refractivity contribution in [2.24, 2.45) is 5.92 Å². The number of Topliss-reactive ketones (excluding diaryl/α,β-unsaturated/α-hetero) is 1. The topological polar surface area (TPSA) is 32.8 Å². The van der Waals surface area contributed by atoms with E-state index in [9.17, 15) is 4.79 Å². The summed E-state index contributed by atoms with van der Waals surface area (Å²) < 4.78 is 5.26. The molecular formula is C23H32N2O2S. The molecule has 0 atom stereocenters. The van der Waals surface area contributed by atoms with Crippen molar-refractivity contribution in [2.45, 2.75) is 32.7 Å². The predicted molar refractivity (Wildman–Crippen MR) is 117 cm³/mol. The Balaban J connectivity index is 1.62. The highest BCUT2D eigenvalue weighted by Gasteiger charge is 2.20. The van der Waals surface area contributed by atoms with Crippen LogP contribution in [0.1, 0.15) is 40.6 Å². The number of piperidine rings is 1. The van der Waals surface area contributed by atoms with Crippen molar-refractivity contribution in [3.05, 3.63) is 51.7 Å². The molecule has 0 amide bonds. The standard InChI is InChI=1S/C23H32N2O2S/c1-18(26)23-14-21(17-28-23)16-25(15-20-8-11-24(2)12-9-20)13-10-19-4-6-22(27-3)7-5-19/h4-7,14,17,20H,8-13,15-16H2,1-3H3. The first kappa shape index (κ1) is 21.0. The number of hydrogen-bond acceptors (Lipinski definition) is 5. The van der Waals surface area contributed by atoms with Gasteiger partial charge in [0.15, 0.2) is 5.78 Å². The van der Waals surface area contributed by atoms with E-state index in [2.05, 4.69) is 40.4 Å². The number of ketones is 1. The van der Waals surface area contributed by atoms with Crippen LogP contribution in [0.15, 0.2) is 35.7 Å². The molecule has 1 aliphatic heterocycles. The summed E-state index contributed by atoms with van der Waals surface area (Å²) in [5.41, 5.74) is 2.60. The van der Waals surface area contributed by atoms with Gasteiger partial charge in [-0.2, -0.15) is 0 Å². The zero-order valence-corrected chi connectivity index (χ0v) is 18.1. The van der Waals surface area contributed by atoms with Gasteiger partial charge in [-0.1, -0.05) is 12.1 Å². The number of likely N-dealkylation sites (tertiary alicyclic amines) is 1. The largest absolute Gasteiger partial charge is 0.497 e. The minimum Gasteiger partial charge on any atom is -0.497 e. The Morgan fingerprint density at radius 2 is 1.93 bits per heavy atom. The van der Waals surface area contributed by atoms with E-state index in [1.807, 2.05) is 12.1 Å². The molecule has 0 spiro atoms. The maximum atomic E-state index is 11.6. The first-order valence-electron chi connectivity index (χ1n) is 10.2. The Bertz CT molecular complexity index is 748. The van der Waals surface area contributed by atoms with Gasteiger partial charge in [0.1, 0.15) is 5.75 Å². The smallest absolute Gasteiger partial charge is 0.169 e. The quantitative estimate of drug-likeness (QED) is 0.586. The average molecular weight is 401 g/mol. The van der Waals surface area contributed by atoms with Crippen LogP contribution in [0.25, 0.3) is 0 Å². The van der Waals surface area contributed by atoms with Crippen LogP contribution in [-0.4, -0.2) is 55.9 Å². The van der Waals surface area contributed by atoms with Crippen LogP contribution in [0, 0.1) is 5.92 Å². The van der Waals surface area contributed by atoms with E-state index in [0.29, 0.717) is 0 Å². The fraction of sp³-hybridized carbons (Fsp3) is 0.522. The van der Waals surface area contributed by atoms with E-state index in [-0.39, 0.29) is 5.78 Å². The van der Waals surface area contributed by atoms with Gasteiger partial charge in [0.25, 0.3) is 0 Å². The highest BCUT2D eigenvalue weighted by Crippen LogP contribution is 2.22. The molecule has 5 heteroatoms. The summed E-state index contributed by atoms with van der Waals surface area (Å²) in [5, 5.41) is 2.14. The number of methoxy groups -OCH3 is 1. The van der Waals surface area contributed by atoms with Crippen molar-refractivity contribution in [1.82, 2.24) is 9.80 Å². The van der Waals surface area contributed by atoms with Crippen molar-refractivity contribution in [2.75, 3.05) is 40.3 Å². The van der Waals surface area contributed by atoms with Gasteiger partial charge in [0, 0.05) is 19.6 Å². The summed E-state index contributed by atoms with van der Waals surface area (Å²) in [5.74, 6) is 1.83. The van der Waals surface area contributed by atoms with E-state index in [1.165, 1.54) is 37.1 Å². The minimum absolute atomic E-state index is 0.163. The second-order valence-corrected chi connectivity index (χ2v) is 8.87. The van der Waals surface area contributed by atoms with Crippen LogP contribution in [0.5, 0.6) is 5.75 Å². The van der Waals surface area contributed by atoms with E-state index in [0.717, 1.165) is 42.6 Å². The Morgan fingerprint density at radius 3 is 2.54 bits per heavy atom. The molecule has 0 bridgehead atoms. The Hall–Kier alpha value is -1.69. The monoisotopic (exact) mass is 400 g/mol. The summed E-state index contributed by atoms with van der Waals surface area (Å²) >= 11 is 1.57. The van der Waals surface area contributed by atoms with E-state index in [1.54, 1.807) is 25.4 Å². The third-order valence-electron chi connectivity index (χ3n) is 5.64. The number of thiophene rings is 1. The third-order valence-corrected chi connectivity index (χ3v) is 6.72. The number of benzene rings is 1. The highest BCUT2D eigenvalue weighted by molar-refractivity contribution is 7.12. The summed E-state index contributed by atoms with van der Waals surface area (Å²) in [6.07, 6.45) is 3.58. The second-order valence-electron chi connectivity index (χ2n) is 7.96. The Morgan fingerprint density at radius 1 is 1.21 bits per heavy atom. The molecular weight excluding hydrogens is 368 g/mol. The van der Waals surface area contributed by atoms with Gasteiger partial charge in [-0.25, -0.2) is 0 Å². The number of carbonyl (C=O) groups is 1. The molecule has 1 aromatic carbocycles. The number of rotatable bonds is 9. The maximum absolute atomic E-state index is 11.6. The van der Waals surface area contributed by atoms with Gasteiger partial charge in [-0.15, -0.1) is 11.3 Å². The summed E-state index contributed by atoms with van der Waals surface area (Å²) in [6.45, 7) is 7.13. The molecule has 1 fully saturated rings. The van der Waals surface area contributed by atoms with Gasteiger partial charge >= 0.3 is 0 Å². The van der Waals surface area contributed by atoms with Crippen LogP contribution in [-0.2, 0) is 13.0 Å². The lowest BCUT2D eigenvalue weighted by Gasteiger charge is -2.33. The molecule has 4 nitrogen and oxygen atoms in total. The van der Waals surface area contributed by atoms with Crippen LogP contribution in [0.4, 0.5) is 0 Å². The predicted octanol–water partition coefficient (Wildman–Crippen LogP) is 4.35. The van der Waals surface area contributed by atoms with Gasteiger partial charge < -0.3 is 9.64 Å². The SMILES string of the molecule is COc1ccc(CCN(Cc2csc(C(C)=O)c2)CC2CCN(C)CC2)cc1. The van der Waals surface area contributed by atoms with Crippen molar-refractivity contribution in [3.63, 3.8) is 0 Å². The second kappa shape index (κ2) is 10.2. The summed E-state index contributed by atoms with van der Waals surface area (Å²) in [6, 6.07) is 10.5. The zero-order valence-electron chi connectivity index (χ0n) is 17.3. The molecule has 0 aliphatic carbocycles. The van der Waals surface area contributed by atoms with E-state index < -0.39 is 0 Å². The van der Waals surface area contributed by atoms with Gasteiger partial charge in [0.2, 0.25) is 0 Å². The van der Waals surface area contributed by atoms with E-state index >= 15 is 0 Å². The first-order chi connectivity index (χ1) is 13.5. The van der Waals surface area contributed by atoms with Gasteiger partial charge in [-0.3, -0.25) is 9.69 Å². The van der Waals surface area contributed by atoms with Crippen LogP contribution < -0.4 is 4.74 Å². The third kappa shape index (κ3) is 6.16. The summed E-state index contributed by atoms with van der Waals surface area (Å²) in [4.78, 5) is 17.5. The Labute approximate surface area is 173 Å². The molecule has 1 aromatic heterocycles. The van der Waals surface area contributed by atoms with Gasteiger partial charge in [0.05, 0.1) is 12.0 Å². The number of carbonyl (C=O) groups excluding carboxylic acids is 1.